The third-order valence-corrected chi connectivity index (χ3v) is 3.92. The van der Waals surface area contributed by atoms with Crippen LogP contribution in [0.3, 0.4) is 0 Å². The van der Waals surface area contributed by atoms with Gasteiger partial charge in [0, 0.05) is 32.7 Å². The Morgan fingerprint density at radius 2 is 1.74 bits per heavy atom. The zero-order chi connectivity index (χ0) is 13.7. The second-order valence-electron chi connectivity index (χ2n) is 5.39. The summed E-state index contributed by atoms with van der Waals surface area (Å²) in [6.45, 7) is 14.2. The highest BCUT2D eigenvalue weighted by Gasteiger charge is 2.14. The summed E-state index contributed by atoms with van der Waals surface area (Å²) in [5.74, 6) is 1.03. The Bertz CT molecular complexity index is 398. The number of nitrogens with zero attached hydrogens (tertiary/aromatic N) is 2. The molecule has 0 atom stereocenters. The number of aryl methyl sites for hydroxylation is 2. The molecule has 1 fully saturated rings. The highest BCUT2D eigenvalue weighted by Crippen LogP contribution is 2.18. The first kappa shape index (κ1) is 14.4. The van der Waals surface area contributed by atoms with Crippen molar-refractivity contribution in [2.75, 3.05) is 45.9 Å². The number of rotatable bonds is 5. The van der Waals surface area contributed by atoms with Gasteiger partial charge < -0.3 is 9.64 Å². The molecule has 0 radical (unpaired) electrons. The molecule has 1 aromatic carbocycles. The molecule has 1 aliphatic rings. The smallest absolute Gasteiger partial charge is 0.122 e. The van der Waals surface area contributed by atoms with Crippen LogP contribution in [-0.4, -0.2) is 55.7 Å². The van der Waals surface area contributed by atoms with Crippen molar-refractivity contribution in [3.63, 3.8) is 0 Å². The second kappa shape index (κ2) is 6.92. The third-order valence-electron chi connectivity index (χ3n) is 3.92. The molecular weight excluding hydrogens is 236 g/mol. The summed E-state index contributed by atoms with van der Waals surface area (Å²) in [7, 11) is 0. The minimum atomic E-state index is 0.788. The summed E-state index contributed by atoms with van der Waals surface area (Å²) in [5.41, 5.74) is 2.48. The van der Waals surface area contributed by atoms with Gasteiger partial charge in [-0.25, -0.2) is 0 Å². The Morgan fingerprint density at radius 3 is 2.42 bits per heavy atom. The van der Waals surface area contributed by atoms with E-state index in [1.165, 1.54) is 43.9 Å². The van der Waals surface area contributed by atoms with Crippen molar-refractivity contribution in [3.05, 3.63) is 29.3 Å². The van der Waals surface area contributed by atoms with E-state index in [4.69, 9.17) is 4.74 Å². The van der Waals surface area contributed by atoms with Gasteiger partial charge in [0.1, 0.15) is 12.4 Å². The van der Waals surface area contributed by atoms with Gasteiger partial charge in [-0.05, 0) is 37.6 Å². The molecule has 106 valence electrons. The third kappa shape index (κ3) is 4.22. The Balaban J connectivity index is 1.73. The molecule has 19 heavy (non-hydrogen) atoms. The molecule has 0 aromatic heterocycles. The Labute approximate surface area is 117 Å². The Hall–Kier alpha value is -1.06. The van der Waals surface area contributed by atoms with E-state index < -0.39 is 0 Å². The van der Waals surface area contributed by atoms with Crippen molar-refractivity contribution in [2.24, 2.45) is 0 Å². The van der Waals surface area contributed by atoms with Crippen LogP contribution in [0, 0.1) is 13.8 Å². The SMILES string of the molecule is CCN1CCN(CCOc2cc(C)ccc2C)CC1. The number of likely N-dealkylation sites (N-methyl/N-ethyl adjacent to an activating group) is 1. The van der Waals surface area contributed by atoms with Gasteiger partial charge in [-0.15, -0.1) is 0 Å². The molecule has 1 aliphatic heterocycles. The van der Waals surface area contributed by atoms with E-state index in [-0.39, 0.29) is 0 Å². The van der Waals surface area contributed by atoms with Crippen molar-refractivity contribution < 1.29 is 4.74 Å². The highest BCUT2D eigenvalue weighted by molar-refractivity contribution is 5.35. The van der Waals surface area contributed by atoms with Gasteiger partial charge in [0.15, 0.2) is 0 Å². The summed E-state index contributed by atoms with van der Waals surface area (Å²) < 4.78 is 5.92. The van der Waals surface area contributed by atoms with E-state index in [1.54, 1.807) is 0 Å². The number of hydrogen-bond acceptors (Lipinski definition) is 3. The maximum absolute atomic E-state index is 5.92. The Kier molecular flexibility index (Phi) is 5.23. The molecule has 0 bridgehead atoms. The van der Waals surface area contributed by atoms with Crippen LogP contribution in [0.4, 0.5) is 0 Å². The van der Waals surface area contributed by atoms with E-state index in [0.29, 0.717) is 0 Å². The lowest BCUT2D eigenvalue weighted by molar-refractivity contribution is 0.120. The lowest BCUT2D eigenvalue weighted by atomic mass is 10.1. The predicted octanol–water partition coefficient (Wildman–Crippen LogP) is 2.32. The van der Waals surface area contributed by atoms with Crippen LogP contribution in [-0.2, 0) is 0 Å². The molecule has 0 spiro atoms. The maximum Gasteiger partial charge on any atom is 0.122 e. The van der Waals surface area contributed by atoms with Gasteiger partial charge in [-0.2, -0.15) is 0 Å². The first-order valence-electron chi connectivity index (χ1n) is 7.34. The van der Waals surface area contributed by atoms with Gasteiger partial charge in [0.05, 0.1) is 0 Å². The van der Waals surface area contributed by atoms with Gasteiger partial charge in [0.25, 0.3) is 0 Å². The summed E-state index contributed by atoms with van der Waals surface area (Å²) in [6, 6.07) is 6.39. The molecule has 0 aliphatic carbocycles. The van der Waals surface area contributed by atoms with Crippen molar-refractivity contribution in [2.45, 2.75) is 20.8 Å². The van der Waals surface area contributed by atoms with Gasteiger partial charge >= 0.3 is 0 Å². The van der Waals surface area contributed by atoms with Crippen LogP contribution in [0.1, 0.15) is 18.1 Å². The molecule has 1 saturated heterocycles. The monoisotopic (exact) mass is 262 g/mol. The van der Waals surface area contributed by atoms with Crippen molar-refractivity contribution >= 4 is 0 Å². The van der Waals surface area contributed by atoms with Crippen LogP contribution < -0.4 is 4.74 Å². The number of hydrogen-bond donors (Lipinski definition) is 0. The highest BCUT2D eigenvalue weighted by atomic mass is 16.5. The zero-order valence-corrected chi connectivity index (χ0v) is 12.5. The summed E-state index contributed by atoms with van der Waals surface area (Å²) in [6.07, 6.45) is 0. The quantitative estimate of drug-likeness (QED) is 0.810. The zero-order valence-electron chi connectivity index (χ0n) is 12.5. The average molecular weight is 262 g/mol. The normalized spacial score (nSPS) is 17.6. The summed E-state index contributed by atoms with van der Waals surface area (Å²) in [5, 5.41) is 0. The number of piperazine rings is 1. The molecule has 1 aromatic rings. The first-order chi connectivity index (χ1) is 9.19. The second-order valence-corrected chi connectivity index (χ2v) is 5.39. The molecule has 1 heterocycles. The molecule has 3 nitrogen and oxygen atoms in total. The van der Waals surface area contributed by atoms with Crippen LogP contribution in [0.25, 0.3) is 0 Å². The lowest BCUT2D eigenvalue weighted by Gasteiger charge is -2.33. The van der Waals surface area contributed by atoms with E-state index in [1.807, 2.05) is 0 Å². The van der Waals surface area contributed by atoms with Crippen LogP contribution in [0.15, 0.2) is 18.2 Å². The summed E-state index contributed by atoms with van der Waals surface area (Å²) in [4.78, 5) is 5.00. The van der Waals surface area contributed by atoms with Crippen molar-refractivity contribution in [1.82, 2.24) is 9.80 Å². The minimum absolute atomic E-state index is 0.788. The van der Waals surface area contributed by atoms with Gasteiger partial charge in [0.2, 0.25) is 0 Å². The average Bonchev–Trinajstić information content (AvgIpc) is 2.43. The maximum atomic E-state index is 5.92. The van der Waals surface area contributed by atoms with E-state index >= 15 is 0 Å². The topological polar surface area (TPSA) is 15.7 Å². The van der Waals surface area contributed by atoms with E-state index in [2.05, 4.69) is 48.8 Å². The molecule has 0 amide bonds. The lowest BCUT2D eigenvalue weighted by Crippen LogP contribution is -2.47. The fourth-order valence-corrected chi connectivity index (χ4v) is 2.48. The minimum Gasteiger partial charge on any atom is -0.492 e. The number of benzene rings is 1. The van der Waals surface area contributed by atoms with Gasteiger partial charge in [-0.1, -0.05) is 19.1 Å². The largest absolute Gasteiger partial charge is 0.492 e. The Morgan fingerprint density at radius 1 is 1.05 bits per heavy atom. The van der Waals surface area contributed by atoms with E-state index in [9.17, 15) is 0 Å². The standard InChI is InChI=1S/C16H26N2O/c1-4-17-7-9-18(10-8-17)11-12-19-16-13-14(2)5-6-15(16)3/h5-6,13H,4,7-12H2,1-3H3. The summed E-state index contributed by atoms with van der Waals surface area (Å²) >= 11 is 0. The number of ether oxygens (including phenoxy) is 1. The molecule has 0 saturated carbocycles. The fourth-order valence-electron chi connectivity index (χ4n) is 2.48. The first-order valence-corrected chi connectivity index (χ1v) is 7.34. The van der Waals surface area contributed by atoms with Crippen LogP contribution in [0.5, 0.6) is 5.75 Å². The van der Waals surface area contributed by atoms with Crippen LogP contribution >= 0.6 is 0 Å². The molecule has 0 N–H and O–H groups in total. The van der Waals surface area contributed by atoms with Gasteiger partial charge in [-0.3, -0.25) is 4.90 Å². The molecule has 2 rings (SSSR count). The van der Waals surface area contributed by atoms with E-state index in [0.717, 1.165) is 18.9 Å². The molecule has 0 unspecified atom stereocenters. The van der Waals surface area contributed by atoms with Crippen molar-refractivity contribution in [1.29, 1.82) is 0 Å². The predicted molar refractivity (Wildman–Crippen MR) is 80.0 cm³/mol. The molecular formula is C16H26N2O. The molecule has 3 heteroatoms. The fraction of sp³-hybridized carbons (Fsp3) is 0.625. The van der Waals surface area contributed by atoms with Crippen LogP contribution in [0.2, 0.25) is 0 Å². The van der Waals surface area contributed by atoms with Crippen molar-refractivity contribution in [3.8, 4) is 5.75 Å².